The molecule has 190 valence electrons. The highest BCUT2D eigenvalue weighted by Crippen LogP contribution is 2.55. The number of aliphatic hydroxyl groups is 2. The number of azide groups is 1. The second-order valence-electron chi connectivity index (χ2n) is 8.42. The SMILES string of the molecule is Cc1cn([C@@H]2O[C@@](CI)(N=[N+]=[N-])[C@](O)(C(=O)c3ccccc3)[C@]2(O)C(=O)c2ccccc2)c(=O)[nH]c1=O. The van der Waals surface area contributed by atoms with Crippen molar-refractivity contribution in [1.29, 1.82) is 0 Å². The Bertz CT molecular complexity index is 1540. The number of H-pyrrole nitrogens is 1. The van der Waals surface area contributed by atoms with Gasteiger partial charge in [0, 0.05) is 32.2 Å². The number of ketones is 2. The Morgan fingerprint density at radius 2 is 1.62 bits per heavy atom. The molecule has 0 saturated carbocycles. The summed E-state index contributed by atoms with van der Waals surface area (Å²) in [5.41, 5.74) is -1.67. The van der Waals surface area contributed by atoms with E-state index >= 15 is 0 Å². The quantitative estimate of drug-likeness (QED) is 0.0904. The lowest BCUT2D eigenvalue weighted by Gasteiger charge is -2.41. The number of benzene rings is 2. The van der Waals surface area contributed by atoms with Crippen LogP contribution in [0.2, 0.25) is 0 Å². The van der Waals surface area contributed by atoms with Gasteiger partial charge in [-0.15, -0.1) is 0 Å². The van der Waals surface area contributed by atoms with Gasteiger partial charge in [-0.25, -0.2) is 4.79 Å². The minimum Gasteiger partial charge on any atom is -0.376 e. The third-order valence-corrected chi connectivity index (χ3v) is 7.35. The largest absolute Gasteiger partial charge is 0.376 e. The maximum atomic E-state index is 14.0. The van der Waals surface area contributed by atoms with Gasteiger partial charge >= 0.3 is 5.69 Å². The minimum atomic E-state index is -3.23. The average molecular weight is 617 g/mol. The third kappa shape index (κ3) is 3.83. The third-order valence-electron chi connectivity index (χ3n) is 6.31. The van der Waals surface area contributed by atoms with E-state index in [1.807, 2.05) is 4.98 Å². The zero-order valence-electron chi connectivity index (χ0n) is 19.2. The van der Waals surface area contributed by atoms with Crippen LogP contribution in [0.3, 0.4) is 0 Å². The molecule has 1 saturated heterocycles. The normalized spacial score (nSPS) is 26.9. The van der Waals surface area contributed by atoms with Crippen LogP contribution in [0.4, 0.5) is 0 Å². The van der Waals surface area contributed by atoms with E-state index in [0.29, 0.717) is 4.57 Å². The van der Waals surface area contributed by atoms with Crippen LogP contribution in [0.5, 0.6) is 0 Å². The van der Waals surface area contributed by atoms with Gasteiger partial charge in [0.25, 0.3) is 5.56 Å². The first-order chi connectivity index (χ1) is 17.6. The van der Waals surface area contributed by atoms with E-state index < -0.39 is 50.4 Å². The molecule has 0 unspecified atom stereocenters. The van der Waals surface area contributed by atoms with Gasteiger partial charge < -0.3 is 14.9 Å². The van der Waals surface area contributed by atoms with Gasteiger partial charge in [0.1, 0.15) is 0 Å². The smallest absolute Gasteiger partial charge is 0.330 e. The number of nitrogens with one attached hydrogen (secondary N) is 1. The van der Waals surface area contributed by atoms with Crippen molar-refractivity contribution < 1.29 is 24.5 Å². The number of carbonyl (C=O) groups is 2. The maximum Gasteiger partial charge on any atom is 0.330 e. The number of aromatic nitrogens is 2. The highest BCUT2D eigenvalue weighted by atomic mass is 127. The fourth-order valence-electron chi connectivity index (χ4n) is 4.41. The molecule has 1 aromatic heterocycles. The molecule has 1 fully saturated rings. The molecule has 12 nitrogen and oxygen atoms in total. The molecule has 37 heavy (non-hydrogen) atoms. The lowest BCUT2D eigenvalue weighted by molar-refractivity contribution is -0.115. The zero-order chi connectivity index (χ0) is 27.0. The van der Waals surface area contributed by atoms with E-state index in [9.17, 15) is 34.9 Å². The van der Waals surface area contributed by atoms with Gasteiger partial charge in [0.15, 0.2) is 12.0 Å². The van der Waals surface area contributed by atoms with E-state index in [2.05, 4.69) is 10.0 Å². The van der Waals surface area contributed by atoms with Crippen LogP contribution < -0.4 is 11.2 Å². The van der Waals surface area contributed by atoms with Crippen molar-refractivity contribution in [2.45, 2.75) is 30.1 Å². The number of hydrogen-bond acceptors (Lipinski definition) is 8. The Balaban J connectivity index is 2.13. The predicted molar refractivity (Wildman–Crippen MR) is 138 cm³/mol. The standard InChI is InChI=1S/C24H20IN5O7/c1-14-12-30(21(34)27-19(14)33)20-23(35,17(31)15-8-4-2-5-9-15)24(36,22(13-25,37-20)28-29-26)18(32)16-10-6-3-7-11-16/h2-12,20,35-36H,13H2,1H3,(H,27,33,34)/t20-,22-,23+,24-/m1/s1. The fourth-order valence-corrected chi connectivity index (χ4v) is 5.29. The summed E-state index contributed by atoms with van der Waals surface area (Å²) in [6.45, 7) is 1.36. The lowest BCUT2D eigenvalue weighted by atomic mass is 9.69. The summed E-state index contributed by atoms with van der Waals surface area (Å²) in [6.07, 6.45) is -1.08. The molecule has 4 atom stereocenters. The van der Waals surface area contributed by atoms with E-state index in [1.54, 1.807) is 34.7 Å². The monoisotopic (exact) mass is 617 g/mol. The highest BCUT2D eigenvalue weighted by Gasteiger charge is 2.80. The Morgan fingerprint density at radius 1 is 1.08 bits per heavy atom. The average Bonchev–Trinajstić information content (AvgIpc) is 3.12. The first kappa shape index (κ1) is 26.4. The first-order valence-corrected chi connectivity index (χ1v) is 12.4. The molecule has 1 aliphatic rings. The zero-order valence-corrected chi connectivity index (χ0v) is 21.4. The molecule has 0 bridgehead atoms. The molecular weight excluding hydrogens is 597 g/mol. The van der Waals surface area contributed by atoms with Crippen LogP contribution in [0, 0.1) is 6.92 Å². The lowest BCUT2D eigenvalue weighted by Crippen LogP contribution is -2.70. The molecule has 3 N–H and O–H groups in total. The molecule has 4 rings (SSSR count). The molecule has 0 spiro atoms. The molecule has 3 aromatic rings. The number of alkyl halides is 1. The number of Topliss-reactive ketones (excluding diaryl/α,β-unsaturated/α-hetero) is 2. The van der Waals surface area contributed by atoms with Gasteiger partial charge in [-0.1, -0.05) is 88.4 Å². The van der Waals surface area contributed by atoms with Gasteiger partial charge in [0.05, 0.1) is 0 Å². The van der Waals surface area contributed by atoms with Crippen LogP contribution in [0.15, 0.2) is 81.6 Å². The fraction of sp³-hybridized carbons (Fsp3) is 0.250. The minimum absolute atomic E-state index is 0.00592. The molecule has 0 amide bonds. The molecule has 1 aliphatic heterocycles. The van der Waals surface area contributed by atoms with Crippen molar-refractivity contribution in [1.82, 2.24) is 9.55 Å². The summed E-state index contributed by atoms with van der Waals surface area (Å²) in [5, 5.41) is 28.1. The van der Waals surface area contributed by atoms with Crippen molar-refractivity contribution in [2.24, 2.45) is 5.11 Å². The van der Waals surface area contributed by atoms with Crippen molar-refractivity contribution in [3.05, 3.63) is 115 Å². The highest BCUT2D eigenvalue weighted by molar-refractivity contribution is 14.1. The van der Waals surface area contributed by atoms with Crippen molar-refractivity contribution >= 4 is 34.2 Å². The topological polar surface area (TPSA) is 187 Å². The van der Waals surface area contributed by atoms with Crippen molar-refractivity contribution in [3.8, 4) is 0 Å². The molecular formula is C24H20IN5O7. The van der Waals surface area contributed by atoms with Gasteiger partial charge in [-0.3, -0.25) is 23.9 Å². The predicted octanol–water partition coefficient (Wildman–Crippen LogP) is 2.04. The number of carbonyl (C=O) groups excluding carboxylic acids is 2. The van der Waals surface area contributed by atoms with Crippen LogP contribution in [-0.4, -0.2) is 52.7 Å². The Labute approximate surface area is 222 Å². The van der Waals surface area contributed by atoms with Gasteiger partial charge in [0.2, 0.25) is 22.8 Å². The number of aryl methyl sites for hydroxylation is 1. The van der Waals surface area contributed by atoms with E-state index in [-0.39, 0.29) is 16.7 Å². The summed E-state index contributed by atoms with van der Waals surface area (Å²) in [7, 11) is 0. The summed E-state index contributed by atoms with van der Waals surface area (Å²) in [5.74, 6) is -2.36. The van der Waals surface area contributed by atoms with E-state index in [0.717, 1.165) is 6.20 Å². The van der Waals surface area contributed by atoms with Crippen LogP contribution in [-0.2, 0) is 4.74 Å². The molecule has 0 aliphatic carbocycles. The second kappa shape index (κ2) is 9.68. The number of hydrogen-bond donors (Lipinski definition) is 3. The van der Waals surface area contributed by atoms with Crippen LogP contribution in [0.25, 0.3) is 10.4 Å². The number of nitrogens with zero attached hydrogens (tertiary/aromatic N) is 4. The number of halogens is 1. The summed E-state index contributed by atoms with van der Waals surface area (Å²) < 4.78 is 6.16. The first-order valence-electron chi connectivity index (χ1n) is 10.8. The van der Waals surface area contributed by atoms with E-state index in [4.69, 9.17) is 4.74 Å². The summed E-state index contributed by atoms with van der Waals surface area (Å²) >= 11 is 1.68. The molecule has 0 radical (unpaired) electrons. The van der Waals surface area contributed by atoms with Crippen LogP contribution >= 0.6 is 22.6 Å². The van der Waals surface area contributed by atoms with Gasteiger partial charge in [-0.05, 0) is 12.5 Å². The maximum absolute atomic E-state index is 14.0. The second-order valence-corrected chi connectivity index (χ2v) is 9.19. The number of rotatable bonds is 7. The molecule has 13 heteroatoms. The Morgan fingerprint density at radius 3 is 2.14 bits per heavy atom. The Hall–Kier alpha value is -3.62. The molecule has 2 aromatic carbocycles. The summed E-state index contributed by atoms with van der Waals surface area (Å²) in [6, 6.07) is 14.6. The number of aromatic amines is 1. The van der Waals surface area contributed by atoms with Crippen molar-refractivity contribution in [2.75, 3.05) is 4.43 Å². The van der Waals surface area contributed by atoms with Crippen LogP contribution in [0.1, 0.15) is 32.5 Å². The van der Waals surface area contributed by atoms with Crippen molar-refractivity contribution in [3.63, 3.8) is 0 Å². The van der Waals surface area contributed by atoms with Gasteiger partial charge in [-0.2, -0.15) is 0 Å². The van der Waals surface area contributed by atoms with E-state index in [1.165, 1.54) is 55.5 Å². The molecule has 2 heterocycles. The summed E-state index contributed by atoms with van der Waals surface area (Å²) in [4.78, 5) is 57.6. The Kier molecular flexibility index (Phi) is 6.92. The number of ether oxygens (including phenoxy) is 1.